The van der Waals surface area contributed by atoms with Gasteiger partial charge in [-0.3, -0.25) is 4.79 Å². The van der Waals surface area contributed by atoms with Gasteiger partial charge < -0.3 is 15.8 Å². The van der Waals surface area contributed by atoms with Gasteiger partial charge in [0.2, 0.25) is 5.91 Å². The summed E-state index contributed by atoms with van der Waals surface area (Å²) in [7, 11) is 0. The van der Waals surface area contributed by atoms with Crippen LogP contribution in [-0.2, 0) is 16.1 Å². The molecule has 4 nitrogen and oxygen atoms in total. The number of hydrogen-bond acceptors (Lipinski definition) is 2. The molecule has 131 valence electrons. The summed E-state index contributed by atoms with van der Waals surface area (Å²) in [5.41, 5.74) is 10.8. The second-order valence-electron chi connectivity index (χ2n) is 5.93. The Kier molecular flexibility index (Phi) is 10.5. The van der Waals surface area contributed by atoms with Gasteiger partial charge in [0, 0.05) is 56.2 Å². The number of amides is 1. The summed E-state index contributed by atoms with van der Waals surface area (Å²) in [5.74, 6) is 0.0358. The normalized spacial score (nSPS) is 12.8. The fourth-order valence-corrected chi connectivity index (χ4v) is 2.49. The topological polar surface area (TPSA) is 62.1 Å². The summed E-state index contributed by atoms with van der Waals surface area (Å²) in [6.45, 7) is 4.26. The van der Waals surface area contributed by atoms with Crippen LogP contribution in [0.4, 0.5) is 5.69 Å². The van der Waals surface area contributed by atoms with Crippen molar-refractivity contribution in [3.8, 4) is 0 Å². The second kappa shape index (κ2) is 11.8. The van der Waals surface area contributed by atoms with Gasteiger partial charge in [0.15, 0.2) is 0 Å². The summed E-state index contributed by atoms with van der Waals surface area (Å²) in [4.78, 5) is 11.6. The van der Waals surface area contributed by atoms with Crippen LogP contribution in [0.2, 0.25) is 0 Å². The van der Waals surface area contributed by atoms with Gasteiger partial charge in [-0.25, -0.2) is 0 Å². The van der Waals surface area contributed by atoms with Crippen LogP contribution < -0.4 is 5.32 Å². The Balaban J connectivity index is 0.00000312. The van der Waals surface area contributed by atoms with E-state index in [0.29, 0.717) is 13.0 Å². The van der Waals surface area contributed by atoms with E-state index in [0.717, 1.165) is 23.2 Å². The van der Waals surface area contributed by atoms with E-state index in [1.807, 2.05) is 68.4 Å². The fourth-order valence-electron chi connectivity index (χ4n) is 2.49. The molecule has 2 rings (SSSR count). The molecule has 0 heterocycles. The monoisotopic (exact) mass is 552 g/mol. The van der Waals surface area contributed by atoms with Crippen LogP contribution in [0.3, 0.4) is 0 Å². The van der Waals surface area contributed by atoms with Gasteiger partial charge in [0.1, 0.15) is 0 Å². The van der Waals surface area contributed by atoms with Crippen molar-refractivity contribution in [3.63, 3.8) is 0 Å². The number of carbonyl (C=O) groups excluding carboxylic acids is 1. The molecule has 0 aromatic heterocycles. The van der Waals surface area contributed by atoms with E-state index in [1.54, 1.807) is 0 Å². The third kappa shape index (κ3) is 7.58. The van der Waals surface area contributed by atoms with Gasteiger partial charge in [-0.1, -0.05) is 56.3 Å². The van der Waals surface area contributed by atoms with Gasteiger partial charge in [-0.2, -0.15) is 0 Å². The first-order chi connectivity index (χ1) is 11.6. The Morgan fingerprint density at radius 2 is 1.76 bits per heavy atom. The summed E-state index contributed by atoms with van der Waals surface area (Å²) >= 11 is 0. The van der Waals surface area contributed by atoms with Crippen molar-refractivity contribution in [2.75, 3.05) is 5.32 Å². The summed E-state index contributed by atoms with van der Waals surface area (Å²) in [5, 5.41) is 2.87. The zero-order chi connectivity index (χ0) is 17.4. The predicted octanol–water partition coefficient (Wildman–Crippen LogP) is 5.12. The molecule has 1 radical (unpaired) electrons. The van der Waals surface area contributed by atoms with Gasteiger partial charge in [-0.15, -0.1) is 6.04 Å². The molecule has 0 aliphatic heterocycles. The standard InChI is InChI=1S/C20H25N2O2.Ac/c1-3-7-19(23)22-18-12-10-16(11-13-18)14-24-20(15(2)21)17-8-5-4-6-9-17;/h4-6,8-13,15,20-21H,3,7,14H2,1-2H3,(H,22,23);/q-1;/t15-,20-;/m1./s1. The third-order valence-electron chi connectivity index (χ3n) is 3.73. The van der Waals surface area contributed by atoms with Crippen molar-refractivity contribution in [2.45, 2.75) is 45.4 Å². The summed E-state index contributed by atoms with van der Waals surface area (Å²) in [6.07, 6.45) is 1.12. The van der Waals surface area contributed by atoms with E-state index < -0.39 is 0 Å². The minimum Gasteiger partial charge on any atom is -0.672 e. The van der Waals surface area contributed by atoms with Crippen LogP contribution in [0.15, 0.2) is 54.6 Å². The molecule has 5 heteroatoms. The van der Waals surface area contributed by atoms with E-state index in [1.165, 1.54) is 0 Å². The van der Waals surface area contributed by atoms with E-state index >= 15 is 0 Å². The summed E-state index contributed by atoms with van der Waals surface area (Å²) < 4.78 is 5.96. The number of ether oxygens (including phenoxy) is 1. The molecule has 2 atom stereocenters. The Hall–Kier alpha value is -0.728. The first-order valence-corrected chi connectivity index (χ1v) is 8.36. The van der Waals surface area contributed by atoms with Crippen molar-refractivity contribution in [3.05, 3.63) is 71.5 Å². The maximum absolute atomic E-state index is 11.6. The molecule has 0 spiro atoms. The number of hydrogen-bond donors (Lipinski definition) is 1. The second-order valence-corrected chi connectivity index (χ2v) is 5.93. The average Bonchev–Trinajstić information content (AvgIpc) is 2.57. The first-order valence-electron chi connectivity index (χ1n) is 8.36. The molecule has 0 unspecified atom stereocenters. The molecule has 0 saturated carbocycles. The number of carbonyl (C=O) groups is 1. The van der Waals surface area contributed by atoms with Crippen molar-refractivity contribution in [1.29, 1.82) is 0 Å². The molecule has 0 bridgehead atoms. The Labute approximate surface area is 186 Å². The minimum absolute atomic E-state index is 0. The molecule has 1 amide bonds. The van der Waals surface area contributed by atoms with Gasteiger partial charge in [0.05, 0.1) is 12.7 Å². The molecule has 2 aromatic carbocycles. The van der Waals surface area contributed by atoms with Gasteiger partial charge in [0.25, 0.3) is 0 Å². The van der Waals surface area contributed by atoms with Gasteiger partial charge in [-0.05, 0) is 29.7 Å². The number of rotatable bonds is 8. The van der Waals surface area contributed by atoms with Crippen molar-refractivity contribution >= 4 is 11.6 Å². The third-order valence-corrected chi connectivity index (χ3v) is 3.73. The van der Waals surface area contributed by atoms with Crippen LogP contribution in [0.5, 0.6) is 0 Å². The number of anilines is 1. The quantitative estimate of drug-likeness (QED) is 0.494. The van der Waals surface area contributed by atoms with Crippen molar-refractivity contribution < 1.29 is 53.6 Å². The van der Waals surface area contributed by atoms with E-state index in [4.69, 9.17) is 10.5 Å². The average molecular weight is 552 g/mol. The molecule has 0 saturated heterocycles. The zero-order valence-electron chi connectivity index (χ0n) is 14.9. The first kappa shape index (κ1) is 22.3. The van der Waals surface area contributed by atoms with E-state index in [2.05, 4.69) is 5.32 Å². The molecule has 2 aromatic rings. The molecule has 25 heavy (non-hydrogen) atoms. The molecule has 0 aliphatic carbocycles. The molecule has 2 N–H and O–H groups in total. The molecule has 0 aliphatic rings. The molecular formula is C20H25AcN2O2-. The maximum Gasteiger partial charge on any atom is 0.224 e. The molecular weight excluding hydrogens is 527 g/mol. The van der Waals surface area contributed by atoms with E-state index in [9.17, 15) is 4.79 Å². The van der Waals surface area contributed by atoms with Crippen molar-refractivity contribution in [2.24, 2.45) is 0 Å². The SMILES string of the molecule is CCCC(=O)Nc1ccc(CO[C@@H](c2ccccc2)[C@@H](C)[NH-])cc1.[Ac]. The van der Waals surface area contributed by atoms with Crippen LogP contribution in [0.25, 0.3) is 5.73 Å². The minimum atomic E-state index is -0.347. The maximum atomic E-state index is 11.6. The van der Waals surface area contributed by atoms with Crippen LogP contribution in [-0.4, -0.2) is 11.9 Å². The number of benzene rings is 2. The smallest absolute Gasteiger partial charge is 0.224 e. The Morgan fingerprint density at radius 1 is 1.12 bits per heavy atom. The summed E-state index contributed by atoms with van der Waals surface area (Å²) in [6, 6.07) is 17.2. The van der Waals surface area contributed by atoms with Crippen LogP contribution in [0.1, 0.15) is 43.9 Å². The predicted molar refractivity (Wildman–Crippen MR) is 97.7 cm³/mol. The largest absolute Gasteiger partial charge is 0.672 e. The molecule has 0 fully saturated rings. The van der Waals surface area contributed by atoms with Crippen molar-refractivity contribution in [1.82, 2.24) is 0 Å². The number of nitrogens with one attached hydrogen (secondary N) is 2. The van der Waals surface area contributed by atoms with Gasteiger partial charge >= 0.3 is 0 Å². The zero-order valence-corrected chi connectivity index (χ0v) is 19.6. The van der Waals surface area contributed by atoms with Crippen LogP contribution in [0, 0.1) is 44.1 Å². The van der Waals surface area contributed by atoms with E-state index in [-0.39, 0.29) is 62.1 Å². The van der Waals surface area contributed by atoms with Crippen LogP contribution >= 0.6 is 0 Å². The Bertz CT molecular complexity index is 630. The fraction of sp³-hybridized carbons (Fsp3) is 0.350. The Morgan fingerprint density at radius 3 is 2.32 bits per heavy atom.